The van der Waals surface area contributed by atoms with Gasteiger partial charge in [-0.3, -0.25) is 27.8 Å². The molecule has 1 amide bonds. The molecule has 6 aromatic carbocycles. The fourth-order valence-corrected chi connectivity index (χ4v) is 12.0. The van der Waals surface area contributed by atoms with E-state index in [1.807, 2.05) is 9.14 Å². The van der Waals surface area contributed by atoms with Crippen LogP contribution in [-0.2, 0) is 63.2 Å². The van der Waals surface area contributed by atoms with E-state index in [2.05, 4.69) is 5.32 Å². The molecule has 0 radical (unpaired) electrons. The molecule has 22 heteroatoms. The molecule has 0 spiro atoms. The number of carboxylic acids is 1. The van der Waals surface area contributed by atoms with Gasteiger partial charge in [0, 0.05) is 57.7 Å². The third kappa shape index (κ3) is 9.18. The molecule has 1 aliphatic heterocycles. The SMILES string of the molecule is CCNC(=O)C1(C(=O)O)CC(/C=C/C2=[N+](Cc3ccc(S(=O)(=O)O)cc3)c3ccc(S(=O)(=O)O)c4cccc2c34)=CC(=C/C=c2\c3cccc4c(S(=O)(=O)O)ccc(c43)n2Cc2ccc(S(=O)(=O)O)cc2)/C1. The Morgan fingerprint density at radius 3 is 1.81 bits per heavy atom. The number of hydrogen-bond acceptors (Lipinski definition) is 10. The van der Waals surface area contributed by atoms with Gasteiger partial charge in [0.05, 0.1) is 26.3 Å². The van der Waals surface area contributed by atoms with Crippen molar-refractivity contribution in [3.8, 4) is 0 Å². The van der Waals surface area contributed by atoms with E-state index in [0.717, 1.165) is 0 Å². The van der Waals surface area contributed by atoms with Crippen LogP contribution < -0.4 is 10.7 Å². The Kier molecular flexibility index (Phi) is 12.6. The van der Waals surface area contributed by atoms with Crippen molar-refractivity contribution >= 4 is 102 Å². The third-order valence-corrected chi connectivity index (χ3v) is 16.4. The van der Waals surface area contributed by atoms with Gasteiger partial charge < -0.3 is 15.0 Å². The summed E-state index contributed by atoms with van der Waals surface area (Å²) in [6.45, 7) is 1.93. The number of nitrogens with zero attached hydrogens (tertiary/aromatic N) is 2. The Bertz CT molecular complexity index is 4140. The van der Waals surface area contributed by atoms with Crippen LogP contribution in [0.3, 0.4) is 0 Å². The van der Waals surface area contributed by atoms with Crippen molar-refractivity contribution in [3.05, 3.63) is 167 Å². The van der Waals surface area contributed by atoms with Crippen molar-refractivity contribution in [1.82, 2.24) is 9.88 Å². The quantitative estimate of drug-likeness (QED) is 0.0399. The van der Waals surface area contributed by atoms with E-state index in [1.165, 1.54) is 84.9 Å². The average Bonchev–Trinajstić information content (AvgIpc) is 3.78. The molecule has 0 fully saturated rings. The number of carboxylic acid groups (broad SMARTS) is 1. The summed E-state index contributed by atoms with van der Waals surface area (Å²) in [4.78, 5) is 26.1. The smallest absolute Gasteiger partial charge is 0.319 e. The molecule has 1 aromatic heterocycles. The number of allylic oxidation sites excluding steroid dienone is 6. The minimum absolute atomic E-state index is 0.0816. The number of hydrogen-bond donors (Lipinski definition) is 6. The highest BCUT2D eigenvalue weighted by Gasteiger charge is 2.48. The van der Waals surface area contributed by atoms with Gasteiger partial charge in [-0.05, 0) is 91.1 Å². The van der Waals surface area contributed by atoms with E-state index in [4.69, 9.17) is 0 Å². The van der Waals surface area contributed by atoms with E-state index in [-0.39, 0.29) is 62.8 Å². The number of rotatable bonds is 14. The minimum Gasteiger partial charge on any atom is -0.480 e. The highest BCUT2D eigenvalue weighted by Crippen LogP contribution is 2.43. The highest BCUT2D eigenvalue weighted by molar-refractivity contribution is 7.86. The summed E-state index contributed by atoms with van der Waals surface area (Å²) < 4.78 is 141. The second kappa shape index (κ2) is 18.2. The lowest BCUT2D eigenvalue weighted by molar-refractivity contribution is -0.452. The van der Waals surface area contributed by atoms with Crippen LogP contribution >= 0.6 is 0 Å². The van der Waals surface area contributed by atoms with Crippen LogP contribution in [0.5, 0.6) is 0 Å². The Labute approximate surface area is 412 Å². The second-order valence-electron chi connectivity index (χ2n) is 17.3. The number of aromatic nitrogens is 1. The molecule has 72 heavy (non-hydrogen) atoms. The summed E-state index contributed by atoms with van der Waals surface area (Å²) in [5.74, 6) is -2.16. The molecule has 1 atom stereocenters. The van der Waals surface area contributed by atoms with Gasteiger partial charge in [-0.15, -0.1) is 0 Å². The number of carbonyl (C=O) groups is 2. The summed E-state index contributed by atoms with van der Waals surface area (Å²) >= 11 is 0. The first kappa shape index (κ1) is 49.8. The number of amides is 1. The van der Waals surface area contributed by atoms with Gasteiger partial charge in [0.2, 0.25) is 17.3 Å². The normalized spacial score (nSPS) is 17.5. The largest absolute Gasteiger partial charge is 0.480 e. The van der Waals surface area contributed by atoms with Crippen LogP contribution in [0.4, 0.5) is 5.69 Å². The average molecular weight is 1050 g/mol. The first-order valence-corrected chi connectivity index (χ1v) is 27.6. The van der Waals surface area contributed by atoms with Gasteiger partial charge in [0.1, 0.15) is 9.79 Å². The van der Waals surface area contributed by atoms with E-state index >= 15 is 0 Å². The number of carbonyl (C=O) groups excluding carboxylic acids is 1. The van der Waals surface area contributed by atoms with Gasteiger partial charge in [-0.2, -0.15) is 38.2 Å². The summed E-state index contributed by atoms with van der Waals surface area (Å²) in [5, 5.41) is 16.0. The molecule has 18 nitrogen and oxygen atoms in total. The van der Waals surface area contributed by atoms with Crippen LogP contribution in [0, 0.1) is 5.41 Å². The molecule has 2 aliphatic rings. The summed E-state index contributed by atoms with van der Waals surface area (Å²) in [6.07, 6.45) is 7.82. The van der Waals surface area contributed by atoms with Crippen LogP contribution in [0.2, 0.25) is 0 Å². The number of aliphatic carboxylic acids is 1. The second-order valence-corrected chi connectivity index (χ2v) is 22.9. The molecular formula is C50H42N3O15S4+. The fourth-order valence-electron chi connectivity index (χ4n) is 9.62. The lowest BCUT2D eigenvalue weighted by Crippen LogP contribution is -2.48. The molecule has 1 unspecified atom stereocenters. The van der Waals surface area contributed by atoms with Crippen molar-refractivity contribution in [3.63, 3.8) is 0 Å². The maximum Gasteiger partial charge on any atom is 0.319 e. The van der Waals surface area contributed by atoms with E-state index in [9.17, 15) is 66.6 Å². The lowest BCUT2D eigenvalue weighted by Gasteiger charge is -2.32. The molecular weight excluding hydrogens is 1010 g/mol. The van der Waals surface area contributed by atoms with E-state index in [0.29, 0.717) is 66.3 Å². The van der Waals surface area contributed by atoms with Gasteiger partial charge in [0.25, 0.3) is 40.5 Å². The van der Waals surface area contributed by atoms with Gasteiger partial charge in [-0.1, -0.05) is 72.8 Å². The Hall–Kier alpha value is -7.15. The summed E-state index contributed by atoms with van der Waals surface area (Å²) in [5.41, 5.74) is 1.95. The van der Waals surface area contributed by atoms with Gasteiger partial charge >= 0.3 is 5.97 Å². The Balaban J connectivity index is 1.23. The maximum atomic E-state index is 14.0. The zero-order chi connectivity index (χ0) is 51.7. The van der Waals surface area contributed by atoms with Crippen molar-refractivity contribution in [2.45, 2.75) is 52.4 Å². The Morgan fingerprint density at radius 1 is 0.653 bits per heavy atom. The van der Waals surface area contributed by atoms with Crippen molar-refractivity contribution in [2.75, 3.05) is 6.54 Å². The predicted octanol–water partition coefficient (Wildman–Crippen LogP) is 6.24. The zero-order valence-corrected chi connectivity index (χ0v) is 40.9. The molecule has 2 heterocycles. The summed E-state index contributed by atoms with van der Waals surface area (Å²) in [7, 11) is -18.4. The van der Waals surface area contributed by atoms with E-state index < -0.39 is 57.8 Å². The van der Waals surface area contributed by atoms with Crippen LogP contribution in [0.1, 0.15) is 36.5 Å². The van der Waals surface area contributed by atoms with Crippen LogP contribution in [0.15, 0.2) is 164 Å². The monoisotopic (exact) mass is 1050 g/mol. The minimum atomic E-state index is -4.69. The highest BCUT2D eigenvalue weighted by atomic mass is 32.2. The van der Waals surface area contributed by atoms with Crippen molar-refractivity contribution in [1.29, 1.82) is 0 Å². The fraction of sp³-hybridized carbons (Fsp3) is 0.140. The lowest BCUT2D eigenvalue weighted by atomic mass is 9.71. The van der Waals surface area contributed by atoms with Crippen LogP contribution in [0.25, 0.3) is 38.5 Å². The van der Waals surface area contributed by atoms with Crippen molar-refractivity contribution < 1.29 is 71.2 Å². The first-order valence-electron chi connectivity index (χ1n) is 21.8. The molecule has 6 N–H and O–H groups in total. The Morgan fingerprint density at radius 2 is 1.22 bits per heavy atom. The molecule has 0 saturated heterocycles. The number of nitrogens with one attached hydrogen (secondary N) is 1. The zero-order valence-electron chi connectivity index (χ0n) is 37.7. The van der Waals surface area contributed by atoms with Crippen molar-refractivity contribution in [2.24, 2.45) is 5.41 Å². The molecule has 9 rings (SSSR count). The molecule has 7 aromatic rings. The maximum absolute atomic E-state index is 14.0. The number of benzene rings is 6. The van der Waals surface area contributed by atoms with E-state index in [1.54, 1.807) is 61.6 Å². The van der Waals surface area contributed by atoms with Crippen LogP contribution in [-0.4, -0.2) is 90.3 Å². The topological polar surface area (TPSA) is 292 Å². The molecule has 370 valence electrons. The van der Waals surface area contributed by atoms with Gasteiger partial charge in [-0.25, -0.2) is 0 Å². The molecule has 1 aliphatic carbocycles. The third-order valence-electron chi connectivity index (χ3n) is 12.8. The molecule has 0 saturated carbocycles. The van der Waals surface area contributed by atoms with Gasteiger partial charge in [0.15, 0.2) is 12.0 Å². The predicted molar refractivity (Wildman–Crippen MR) is 265 cm³/mol. The standard InChI is InChI=1S/C50H41N3O15S4/c1-2-51-48(54)50(49(55)56)26-32(13-19-40-36-5-3-7-38-44(71(63,64)65)23-21-42(46(36)38)52(40)28-30-9-15-34(16-10-30)69(57,58)59)25-33(27-50)14-20-41-37-6-4-8-39-45(72(66,67)68)24-22-43(47(37)39)53(41)29-31-11-17-35(18-12-31)70(60,61)62/h3-25H,2,26-29H2,1H3,(H5-,51,54,55,56,57,58,59,60,61,62,63,64,65,66,67,68)/p+1. The first-order chi connectivity index (χ1) is 33.9. The summed E-state index contributed by atoms with van der Waals surface area (Å²) in [6, 6.07) is 26.2. The molecule has 0 bridgehead atoms.